The zero-order valence-electron chi connectivity index (χ0n) is 19.0. The standard InChI is InChI=1S/C25H20ClN5O4S/c1-35-20-12-6-16(7-13-20)23-29-30-25(31(23)19-10-8-18(26)9-11-19)36-15-22(32)28-27-14-17-4-2-3-5-21(17)24(33)34/h2-14H,15H2,1H3,(H,28,32)(H,33,34). The number of aromatic nitrogens is 3. The summed E-state index contributed by atoms with van der Waals surface area (Å²) < 4.78 is 7.07. The molecule has 4 aromatic rings. The van der Waals surface area contributed by atoms with Gasteiger partial charge in [0.25, 0.3) is 5.91 Å². The molecule has 0 aliphatic rings. The Morgan fingerprint density at radius 1 is 1.08 bits per heavy atom. The van der Waals surface area contributed by atoms with E-state index in [0.29, 0.717) is 27.3 Å². The van der Waals surface area contributed by atoms with Crippen LogP contribution in [0, 0.1) is 0 Å². The van der Waals surface area contributed by atoms with Gasteiger partial charge in [-0.2, -0.15) is 5.10 Å². The van der Waals surface area contributed by atoms with Gasteiger partial charge in [0.1, 0.15) is 5.75 Å². The number of rotatable bonds is 9. The molecule has 0 spiro atoms. The number of hydrogen-bond donors (Lipinski definition) is 2. The van der Waals surface area contributed by atoms with Gasteiger partial charge < -0.3 is 9.84 Å². The molecule has 3 aromatic carbocycles. The van der Waals surface area contributed by atoms with Crippen LogP contribution < -0.4 is 10.2 Å². The minimum absolute atomic E-state index is 0.00620. The van der Waals surface area contributed by atoms with Crippen molar-refractivity contribution >= 4 is 41.5 Å². The van der Waals surface area contributed by atoms with E-state index in [2.05, 4.69) is 20.7 Å². The molecule has 0 fully saturated rings. The summed E-state index contributed by atoms with van der Waals surface area (Å²) in [6.07, 6.45) is 1.30. The van der Waals surface area contributed by atoms with Crippen LogP contribution in [0.25, 0.3) is 17.1 Å². The molecule has 0 bridgehead atoms. The quantitative estimate of drug-likeness (QED) is 0.188. The predicted molar refractivity (Wildman–Crippen MR) is 138 cm³/mol. The van der Waals surface area contributed by atoms with Gasteiger partial charge in [0.05, 0.1) is 24.6 Å². The largest absolute Gasteiger partial charge is 0.497 e. The van der Waals surface area contributed by atoms with E-state index >= 15 is 0 Å². The smallest absolute Gasteiger partial charge is 0.336 e. The third-order valence-electron chi connectivity index (χ3n) is 4.98. The average Bonchev–Trinajstić information content (AvgIpc) is 3.32. The topological polar surface area (TPSA) is 119 Å². The highest BCUT2D eigenvalue weighted by molar-refractivity contribution is 7.99. The molecule has 36 heavy (non-hydrogen) atoms. The second kappa shape index (κ2) is 11.5. The number of carbonyl (C=O) groups is 2. The minimum atomic E-state index is -1.08. The Kier molecular flexibility index (Phi) is 7.99. The van der Waals surface area contributed by atoms with Gasteiger partial charge in [-0.3, -0.25) is 9.36 Å². The van der Waals surface area contributed by atoms with Crippen molar-refractivity contribution in [3.63, 3.8) is 0 Å². The van der Waals surface area contributed by atoms with Crippen molar-refractivity contribution in [2.45, 2.75) is 5.16 Å². The number of ether oxygens (including phenoxy) is 1. The molecule has 11 heteroatoms. The molecule has 4 rings (SSSR count). The zero-order valence-corrected chi connectivity index (χ0v) is 20.5. The van der Waals surface area contributed by atoms with Gasteiger partial charge in [-0.05, 0) is 54.6 Å². The van der Waals surface area contributed by atoms with E-state index in [0.717, 1.165) is 11.3 Å². The zero-order chi connectivity index (χ0) is 25.5. The SMILES string of the molecule is COc1ccc(-c2nnc(SCC(=O)NN=Cc3ccccc3C(=O)O)n2-c2ccc(Cl)cc2)cc1. The highest BCUT2D eigenvalue weighted by atomic mass is 35.5. The lowest BCUT2D eigenvalue weighted by atomic mass is 10.1. The van der Waals surface area contributed by atoms with E-state index in [1.165, 1.54) is 24.0 Å². The number of halogens is 1. The fraction of sp³-hybridized carbons (Fsp3) is 0.0800. The van der Waals surface area contributed by atoms with Gasteiger partial charge in [-0.25, -0.2) is 10.2 Å². The summed E-state index contributed by atoms with van der Waals surface area (Å²) in [5.74, 6) is -0.152. The normalized spacial score (nSPS) is 10.9. The van der Waals surface area contributed by atoms with Crippen LogP contribution in [0.3, 0.4) is 0 Å². The van der Waals surface area contributed by atoms with Crippen LogP contribution in [0.1, 0.15) is 15.9 Å². The molecule has 0 aliphatic carbocycles. The molecule has 0 aliphatic heterocycles. The third kappa shape index (κ3) is 5.91. The van der Waals surface area contributed by atoms with Crippen molar-refractivity contribution in [2.75, 3.05) is 12.9 Å². The maximum absolute atomic E-state index is 12.4. The van der Waals surface area contributed by atoms with Crippen LogP contribution in [-0.4, -0.2) is 50.8 Å². The maximum atomic E-state index is 12.4. The summed E-state index contributed by atoms with van der Waals surface area (Å²) in [5.41, 5.74) is 4.48. The number of nitrogens with zero attached hydrogens (tertiary/aromatic N) is 4. The molecule has 0 saturated heterocycles. The van der Waals surface area contributed by atoms with E-state index in [4.69, 9.17) is 16.3 Å². The lowest BCUT2D eigenvalue weighted by Crippen LogP contribution is -2.20. The van der Waals surface area contributed by atoms with Crippen LogP contribution in [0.15, 0.2) is 83.1 Å². The Labute approximate surface area is 215 Å². The molecule has 0 atom stereocenters. The molecule has 1 aromatic heterocycles. The lowest BCUT2D eigenvalue weighted by molar-refractivity contribution is -0.118. The van der Waals surface area contributed by atoms with E-state index in [9.17, 15) is 14.7 Å². The first-order valence-corrected chi connectivity index (χ1v) is 12.0. The highest BCUT2D eigenvalue weighted by Gasteiger charge is 2.17. The first kappa shape index (κ1) is 25.0. The number of carboxylic acid groups (broad SMARTS) is 1. The Balaban J connectivity index is 1.51. The Morgan fingerprint density at radius 3 is 2.50 bits per heavy atom. The van der Waals surface area contributed by atoms with Crippen molar-refractivity contribution in [3.8, 4) is 22.8 Å². The second-order valence-electron chi connectivity index (χ2n) is 7.32. The van der Waals surface area contributed by atoms with Gasteiger partial charge in [0.15, 0.2) is 11.0 Å². The van der Waals surface area contributed by atoms with Crippen molar-refractivity contribution in [3.05, 3.63) is 88.9 Å². The fourth-order valence-corrected chi connectivity index (χ4v) is 4.12. The molecule has 0 radical (unpaired) electrons. The van der Waals surface area contributed by atoms with Crippen molar-refractivity contribution in [1.82, 2.24) is 20.2 Å². The average molecular weight is 522 g/mol. The van der Waals surface area contributed by atoms with Crippen LogP contribution >= 0.6 is 23.4 Å². The summed E-state index contributed by atoms with van der Waals surface area (Å²) >= 11 is 7.25. The van der Waals surface area contributed by atoms with Crippen LogP contribution in [0.4, 0.5) is 0 Å². The van der Waals surface area contributed by atoms with Gasteiger partial charge in [0, 0.05) is 21.8 Å². The van der Waals surface area contributed by atoms with E-state index in [1.54, 1.807) is 37.4 Å². The van der Waals surface area contributed by atoms with Crippen molar-refractivity contribution in [1.29, 1.82) is 0 Å². The summed E-state index contributed by atoms with van der Waals surface area (Å²) in [6.45, 7) is 0. The first-order valence-electron chi connectivity index (χ1n) is 10.6. The van der Waals surface area contributed by atoms with Crippen LogP contribution in [0.5, 0.6) is 5.75 Å². The van der Waals surface area contributed by atoms with Gasteiger partial charge in [0.2, 0.25) is 0 Å². The van der Waals surface area contributed by atoms with Crippen LogP contribution in [0.2, 0.25) is 5.02 Å². The summed E-state index contributed by atoms with van der Waals surface area (Å²) in [4.78, 5) is 23.7. The predicted octanol–water partition coefficient (Wildman–Crippen LogP) is 4.54. The number of methoxy groups -OCH3 is 1. The van der Waals surface area contributed by atoms with E-state index in [1.807, 2.05) is 41.0 Å². The number of hydrogen-bond acceptors (Lipinski definition) is 7. The number of amides is 1. The minimum Gasteiger partial charge on any atom is -0.497 e. The van der Waals surface area contributed by atoms with Gasteiger partial charge in [-0.1, -0.05) is 41.6 Å². The molecular formula is C25H20ClN5O4S. The van der Waals surface area contributed by atoms with E-state index < -0.39 is 5.97 Å². The fourth-order valence-electron chi connectivity index (χ4n) is 3.25. The van der Waals surface area contributed by atoms with Crippen molar-refractivity contribution < 1.29 is 19.4 Å². The first-order chi connectivity index (χ1) is 17.5. The number of aromatic carboxylic acids is 1. The van der Waals surface area contributed by atoms with E-state index in [-0.39, 0.29) is 17.2 Å². The molecule has 9 nitrogen and oxygen atoms in total. The molecule has 1 amide bonds. The Morgan fingerprint density at radius 2 is 1.81 bits per heavy atom. The number of thioether (sulfide) groups is 1. The molecule has 182 valence electrons. The summed E-state index contributed by atoms with van der Waals surface area (Å²) in [7, 11) is 1.60. The monoisotopic (exact) mass is 521 g/mol. The number of nitrogens with one attached hydrogen (secondary N) is 1. The van der Waals surface area contributed by atoms with Crippen LogP contribution in [-0.2, 0) is 4.79 Å². The number of hydrazone groups is 1. The molecule has 0 unspecified atom stereocenters. The Hall–Kier alpha value is -4.15. The molecule has 2 N–H and O–H groups in total. The number of carboxylic acids is 1. The third-order valence-corrected chi connectivity index (χ3v) is 6.16. The highest BCUT2D eigenvalue weighted by Crippen LogP contribution is 2.29. The maximum Gasteiger partial charge on any atom is 0.336 e. The van der Waals surface area contributed by atoms with Gasteiger partial charge in [-0.15, -0.1) is 10.2 Å². The molecule has 1 heterocycles. The lowest BCUT2D eigenvalue weighted by Gasteiger charge is -2.11. The number of carbonyl (C=O) groups excluding carboxylic acids is 1. The second-order valence-corrected chi connectivity index (χ2v) is 8.70. The summed E-state index contributed by atoms with van der Waals surface area (Å²) in [6, 6.07) is 21.0. The van der Waals surface area contributed by atoms with Crippen molar-refractivity contribution in [2.24, 2.45) is 5.10 Å². The summed E-state index contributed by atoms with van der Waals surface area (Å²) in [5, 5.41) is 22.9. The Bertz CT molecular complexity index is 1400. The van der Waals surface area contributed by atoms with Gasteiger partial charge >= 0.3 is 5.97 Å². The molecular weight excluding hydrogens is 502 g/mol. The molecule has 0 saturated carbocycles. The number of benzene rings is 3.